The molecule has 0 radical (unpaired) electrons. The van der Waals surface area contributed by atoms with Gasteiger partial charge in [0.15, 0.2) is 5.60 Å². The van der Waals surface area contributed by atoms with Crippen LogP contribution in [0.3, 0.4) is 0 Å². The van der Waals surface area contributed by atoms with Gasteiger partial charge in [0.1, 0.15) is 23.1 Å². The van der Waals surface area contributed by atoms with Gasteiger partial charge in [-0.25, -0.2) is 8.78 Å². The monoisotopic (exact) mass is 862 g/mol. The second-order valence-corrected chi connectivity index (χ2v) is 16.0. The number of unbranched alkanes of at least 4 members (excludes halogenated alkanes) is 1. The molecule has 1 unspecified atom stereocenters. The number of aromatic nitrogens is 2. The van der Waals surface area contributed by atoms with Gasteiger partial charge in [-0.15, -0.1) is 0 Å². The van der Waals surface area contributed by atoms with Gasteiger partial charge in [-0.3, -0.25) is 14.8 Å². The maximum absolute atomic E-state index is 13.9. The number of methoxy groups -OCH3 is 2. The topological polar surface area (TPSA) is 81.5 Å². The summed E-state index contributed by atoms with van der Waals surface area (Å²) in [5, 5.41) is 10.7. The summed E-state index contributed by atoms with van der Waals surface area (Å²) in [4.78, 5) is 19.5. The van der Waals surface area contributed by atoms with Gasteiger partial charge in [0.2, 0.25) is 5.78 Å². The molecule has 1 N–H and O–H groups in total. The number of aryl methyl sites for hydroxylation is 5. The van der Waals surface area contributed by atoms with Crippen LogP contribution in [0, 0.1) is 53.2 Å². The summed E-state index contributed by atoms with van der Waals surface area (Å²) >= 11 is 0. The van der Waals surface area contributed by atoms with Crippen molar-refractivity contribution in [3.05, 3.63) is 124 Å². The Morgan fingerprint density at radius 3 is 1.43 bits per heavy atom. The van der Waals surface area contributed by atoms with Gasteiger partial charge in [-0.05, 0) is 118 Å². The fourth-order valence-electron chi connectivity index (χ4n) is 6.46. The zero-order valence-corrected chi connectivity index (χ0v) is 37.6. The van der Waals surface area contributed by atoms with Crippen molar-refractivity contribution in [2.45, 2.75) is 130 Å². The van der Waals surface area contributed by atoms with Gasteiger partial charge in [0.05, 0.1) is 14.2 Å². The van der Waals surface area contributed by atoms with Crippen molar-refractivity contribution in [2.75, 3.05) is 14.2 Å². The quantitative estimate of drug-likeness (QED) is 0.0921. The fraction of sp³-hybridized carbons (Fsp3) is 0.478. The molecule has 0 saturated heterocycles. The van der Waals surface area contributed by atoms with E-state index in [1.807, 2.05) is 13.8 Å². The molecule has 6 nitrogen and oxygen atoms in total. The zero-order valence-electron chi connectivity index (χ0n) is 37.6. The van der Waals surface area contributed by atoms with Crippen molar-refractivity contribution in [2.24, 2.45) is 0 Å². The Morgan fingerprint density at radius 1 is 0.689 bits per heavy atom. The van der Waals surface area contributed by atoms with E-state index >= 15 is 0 Å². The average molecular weight is 863 g/mol. The number of carbonyl (C=O) groups is 1. The number of Topliss-reactive ketones (excluding diaryl/α,β-unsaturated/α-hetero) is 1. The van der Waals surface area contributed by atoms with Crippen LogP contribution in [0.4, 0.5) is 35.1 Å². The third-order valence-corrected chi connectivity index (χ3v) is 9.17. The van der Waals surface area contributed by atoms with Crippen LogP contribution >= 0.6 is 0 Å². The molecule has 0 amide bonds. The third-order valence-electron chi connectivity index (χ3n) is 9.17. The molecular weight excluding hydrogens is 803 g/mol. The molecule has 0 aliphatic rings. The van der Waals surface area contributed by atoms with E-state index in [0.29, 0.717) is 5.69 Å². The normalized spacial score (nSPS) is 12.5. The first-order chi connectivity index (χ1) is 27.4. The molecule has 0 aliphatic heterocycles. The smallest absolute Gasteiger partial charge is 0.496 e. The molecule has 0 saturated carbocycles. The molecule has 0 bridgehead atoms. The van der Waals surface area contributed by atoms with Crippen molar-refractivity contribution >= 4 is 5.78 Å². The Kier molecular flexibility index (Phi) is 22.4. The Labute approximate surface area is 368 Å². The van der Waals surface area contributed by atoms with E-state index < -0.39 is 65.5 Å². The Hall–Kier alpha value is -3.99. The molecule has 15 heteroatoms. The van der Waals surface area contributed by atoms with Crippen LogP contribution in [0.5, 0.6) is 11.5 Å². The Morgan fingerprint density at radius 2 is 1.08 bits per heavy atom. The number of aliphatic hydroxyl groups is 1. The van der Waals surface area contributed by atoms with E-state index in [1.54, 1.807) is 19.9 Å². The first-order valence-corrected chi connectivity index (χ1v) is 19.2. The number of halogens is 8. The van der Waals surface area contributed by atoms with E-state index in [-0.39, 0.29) is 47.2 Å². The van der Waals surface area contributed by atoms with Gasteiger partial charge < -0.3 is 21.5 Å². The molecule has 2 aromatic carbocycles. The second kappa shape index (κ2) is 24.0. The van der Waals surface area contributed by atoms with Crippen molar-refractivity contribution in [1.82, 2.24) is 9.97 Å². The standard InChI is InChI=1S/C21H25F4NO2.C13H14F4O2.C8H11N.C4H9.Li/c1-13-8-14(2)26-16(9-13)11-20(27,21(23,24)25)12-19(3,4)17-10-15(22)6-7-18(17)28-5;1-12(2,7-11(18)13(15,16)17)9-6-8(14)4-5-10(9)19-3;1-6-4-7(2)9-8(3)5-6;1-3-4-2;/h6-10,27H,11-12H2,1-5H3;4-6H,7H2,1-3H3;4-5H,1-3H3;1,3-4H2,2H3;/q;;;-1;+1. The SMILES string of the molecule is COc1ccc(F)cc1C(C)(C)CC(=O)C(F)(F)F.COc1ccc(F)cc1C(C)(C)CC(O)(Cc1cc(C)cc(C)n1)C(F)(F)F.Cc1cc(C)nc(C)c1.[CH2-]CCC.[Li+]. The number of hydrogen-bond donors (Lipinski definition) is 1. The molecule has 61 heavy (non-hydrogen) atoms. The van der Waals surface area contributed by atoms with Crippen LogP contribution in [0.15, 0.2) is 60.7 Å². The molecule has 0 fully saturated rings. The average Bonchev–Trinajstić information content (AvgIpc) is 3.10. The minimum absolute atomic E-state index is 0. The molecule has 4 aromatic rings. The summed E-state index contributed by atoms with van der Waals surface area (Å²) in [6.07, 6.45) is -9.66. The van der Waals surface area contributed by atoms with Crippen molar-refractivity contribution in [1.29, 1.82) is 0 Å². The molecular formula is C46H59F8LiN2O4. The summed E-state index contributed by atoms with van der Waals surface area (Å²) < 4.78 is 116. The molecule has 1 atom stereocenters. The van der Waals surface area contributed by atoms with Gasteiger partial charge >= 0.3 is 31.2 Å². The van der Waals surface area contributed by atoms with Gasteiger partial charge in [0.25, 0.3) is 0 Å². The van der Waals surface area contributed by atoms with Crippen molar-refractivity contribution in [3.63, 3.8) is 0 Å². The predicted molar refractivity (Wildman–Crippen MR) is 219 cm³/mol. The van der Waals surface area contributed by atoms with Crippen LogP contribution in [-0.2, 0) is 22.0 Å². The summed E-state index contributed by atoms with van der Waals surface area (Å²) in [5.41, 5.74) is 0.0270. The predicted octanol–water partition coefficient (Wildman–Crippen LogP) is 9.31. The largest absolute Gasteiger partial charge is 1.00 e. The van der Waals surface area contributed by atoms with Crippen molar-refractivity contribution < 1.29 is 73.4 Å². The van der Waals surface area contributed by atoms with E-state index in [1.165, 1.54) is 78.2 Å². The first kappa shape index (κ1) is 57.0. The van der Waals surface area contributed by atoms with E-state index in [2.05, 4.69) is 42.9 Å². The number of benzene rings is 2. The fourth-order valence-corrected chi connectivity index (χ4v) is 6.46. The minimum atomic E-state index is -4.90. The Balaban J connectivity index is 0.000000934. The third kappa shape index (κ3) is 18.5. The number of ether oxygens (including phenoxy) is 2. The van der Waals surface area contributed by atoms with E-state index in [9.17, 15) is 45.0 Å². The number of nitrogens with zero attached hydrogens (tertiary/aromatic N) is 2. The summed E-state index contributed by atoms with van der Waals surface area (Å²) in [5.74, 6) is -2.51. The molecule has 4 rings (SSSR count). The minimum Gasteiger partial charge on any atom is -0.496 e. The number of ketones is 1. The van der Waals surface area contributed by atoms with Crippen LogP contribution in [0.2, 0.25) is 0 Å². The van der Waals surface area contributed by atoms with Crippen molar-refractivity contribution in [3.8, 4) is 11.5 Å². The van der Waals surface area contributed by atoms with Crippen LogP contribution in [0.25, 0.3) is 0 Å². The first-order valence-electron chi connectivity index (χ1n) is 19.2. The molecule has 334 valence electrons. The maximum Gasteiger partial charge on any atom is 1.00 e. The van der Waals surface area contributed by atoms with E-state index in [0.717, 1.165) is 41.6 Å². The van der Waals surface area contributed by atoms with Gasteiger partial charge in [0, 0.05) is 52.2 Å². The molecule has 2 aromatic heterocycles. The number of pyridine rings is 2. The van der Waals surface area contributed by atoms with Crippen LogP contribution < -0.4 is 28.3 Å². The van der Waals surface area contributed by atoms with Gasteiger partial charge in [-0.2, -0.15) is 32.8 Å². The second-order valence-electron chi connectivity index (χ2n) is 16.0. The number of carbonyl (C=O) groups excluding carboxylic acids is 1. The number of alkyl halides is 6. The molecule has 0 aliphatic carbocycles. The van der Waals surface area contributed by atoms with Crippen LogP contribution in [-0.4, -0.2) is 53.0 Å². The summed E-state index contributed by atoms with van der Waals surface area (Å²) in [6, 6.07) is 14.7. The molecule has 2 heterocycles. The number of hydrogen-bond acceptors (Lipinski definition) is 6. The summed E-state index contributed by atoms with van der Waals surface area (Å²) in [6.45, 7) is 21.2. The Bertz CT molecular complexity index is 1930. The number of rotatable bonds is 11. The molecule has 0 spiro atoms. The summed E-state index contributed by atoms with van der Waals surface area (Å²) in [7, 11) is 2.70. The zero-order chi connectivity index (χ0) is 46.4. The van der Waals surface area contributed by atoms with Crippen LogP contribution in [0.1, 0.15) is 105 Å². The maximum atomic E-state index is 13.9. The van der Waals surface area contributed by atoms with E-state index in [4.69, 9.17) is 9.47 Å². The van der Waals surface area contributed by atoms with Gasteiger partial charge in [-0.1, -0.05) is 41.0 Å².